The maximum atomic E-state index is 5.82. The van der Waals surface area contributed by atoms with Gasteiger partial charge in [0.05, 0.1) is 24.3 Å². The topological polar surface area (TPSA) is 34.1 Å². The Morgan fingerprint density at radius 2 is 1.42 bits per heavy atom. The van der Waals surface area contributed by atoms with Crippen molar-refractivity contribution in [1.29, 1.82) is 0 Å². The molecule has 162 valence electrons. The number of benzene rings is 2. The normalized spacial score (nSPS) is 20.4. The molecule has 2 aliphatic rings. The highest BCUT2D eigenvalue weighted by Crippen LogP contribution is 2.40. The number of hydrogen-bond acceptors (Lipinski definition) is 4. The van der Waals surface area contributed by atoms with Gasteiger partial charge in [-0.05, 0) is 94.2 Å². The second-order valence-electron chi connectivity index (χ2n) is 9.08. The molecule has 1 atom stereocenters. The van der Waals surface area contributed by atoms with Gasteiger partial charge in [0, 0.05) is 6.20 Å². The zero-order valence-electron chi connectivity index (χ0n) is 19.3. The highest BCUT2D eigenvalue weighted by atomic mass is 16.5. The predicted molar refractivity (Wildman–Crippen MR) is 128 cm³/mol. The van der Waals surface area contributed by atoms with E-state index in [2.05, 4.69) is 67.4 Å². The smallest absolute Gasteiger partial charge is 0.131 e. The lowest BCUT2D eigenvalue weighted by Gasteiger charge is -2.37. The number of nitrogens with zero attached hydrogens (tertiary/aromatic N) is 2. The number of allylic oxidation sites excluding steroid dienone is 2. The molecule has 0 N–H and O–H groups in total. The molecule has 2 heterocycles. The van der Waals surface area contributed by atoms with E-state index in [-0.39, 0.29) is 17.7 Å². The molecule has 0 radical (unpaired) electrons. The van der Waals surface area contributed by atoms with Crippen LogP contribution in [0.4, 0.5) is 0 Å². The van der Waals surface area contributed by atoms with E-state index >= 15 is 0 Å². The molecule has 0 fully saturated rings. The zero-order valence-corrected chi connectivity index (χ0v) is 19.3. The van der Waals surface area contributed by atoms with Gasteiger partial charge in [-0.2, -0.15) is 0 Å². The van der Waals surface area contributed by atoms with E-state index in [9.17, 15) is 0 Å². The maximum absolute atomic E-state index is 5.82. The van der Waals surface area contributed by atoms with Gasteiger partial charge in [-0.3, -0.25) is 4.99 Å². The van der Waals surface area contributed by atoms with Crippen molar-refractivity contribution in [2.45, 2.75) is 59.3 Å². The summed E-state index contributed by atoms with van der Waals surface area (Å²) in [5.41, 5.74) is 4.54. The minimum absolute atomic E-state index is 0.167. The van der Waals surface area contributed by atoms with Crippen LogP contribution in [0.1, 0.15) is 52.7 Å². The Bertz CT molecular complexity index is 1030. The molecular weight excluding hydrogens is 384 g/mol. The Kier molecular flexibility index (Phi) is 5.65. The summed E-state index contributed by atoms with van der Waals surface area (Å²) in [7, 11) is 0. The third kappa shape index (κ3) is 4.25. The van der Waals surface area contributed by atoms with Gasteiger partial charge < -0.3 is 14.4 Å². The molecule has 1 unspecified atom stereocenters. The second-order valence-corrected chi connectivity index (χ2v) is 9.08. The van der Waals surface area contributed by atoms with Crippen LogP contribution in [0.25, 0.3) is 5.57 Å². The van der Waals surface area contributed by atoms with E-state index in [1.807, 2.05) is 39.8 Å². The summed E-state index contributed by atoms with van der Waals surface area (Å²) >= 11 is 0. The molecular formula is C27H32N2O2. The lowest BCUT2D eigenvalue weighted by atomic mass is 9.89. The molecule has 0 aromatic heterocycles. The quantitative estimate of drug-likeness (QED) is 0.563. The highest BCUT2D eigenvalue weighted by molar-refractivity contribution is 6.05. The van der Waals surface area contributed by atoms with Crippen LogP contribution in [0.5, 0.6) is 11.5 Å². The van der Waals surface area contributed by atoms with E-state index < -0.39 is 0 Å². The summed E-state index contributed by atoms with van der Waals surface area (Å²) in [4.78, 5) is 7.22. The van der Waals surface area contributed by atoms with Crippen molar-refractivity contribution in [2.75, 3.05) is 6.54 Å². The van der Waals surface area contributed by atoms with Crippen LogP contribution < -0.4 is 9.47 Å². The van der Waals surface area contributed by atoms with Crippen molar-refractivity contribution < 1.29 is 9.47 Å². The van der Waals surface area contributed by atoms with E-state index in [1.165, 1.54) is 22.3 Å². The number of fused-ring (bicyclic) bond motifs is 1. The van der Waals surface area contributed by atoms with Crippen LogP contribution in [0, 0.1) is 0 Å². The van der Waals surface area contributed by atoms with Crippen molar-refractivity contribution in [3.05, 3.63) is 77.5 Å². The number of hydrogen-bond donors (Lipinski definition) is 0. The fraction of sp³-hybridized carbons (Fsp3) is 0.370. The van der Waals surface area contributed by atoms with Gasteiger partial charge in [-0.15, -0.1) is 0 Å². The molecule has 0 aliphatic carbocycles. The lowest BCUT2D eigenvalue weighted by Crippen LogP contribution is -2.42. The Balaban J connectivity index is 1.63. The first-order chi connectivity index (χ1) is 14.8. The molecule has 2 aromatic carbocycles. The molecule has 4 heteroatoms. The number of ether oxygens (including phenoxy) is 2. The molecule has 31 heavy (non-hydrogen) atoms. The van der Waals surface area contributed by atoms with Crippen molar-refractivity contribution in [2.24, 2.45) is 4.99 Å². The van der Waals surface area contributed by atoms with Gasteiger partial charge in [-0.1, -0.05) is 24.3 Å². The summed E-state index contributed by atoms with van der Waals surface area (Å²) in [5.74, 6) is 2.84. The van der Waals surface area contributed by atoms with Crippen molar-refractivity contribution >= 4 is 11.4 Å². The Labute approximate surface area is 185 Å². The summed E-state index contributed by atoms with van der Waals surface area (Å²) < 4.78 is 11.6. The molecule has 0 saturated heterocycles. The van der Waals surface area contributed by atoms with Gasteiger partial charge in [0.15, 0.2) is 0 Å². The lowest BCUT2D eigenvalue weighted by molar-refractivity contribution is 0.241. The van der Waals surface area contributed by atoms with Crippen LogP contribution in [0.3, 0.4) is 0 Å². The molecule has 2 aromatic rings. The fourth-order valence-corrected chi connectivity index (χ4v) is 4.16. The van der Waals surface area contributed by atoms with E-state index in [1.54, 1.807) is 0 Å². The molecule has 4 rings (SSSR count). The fourth-order valence-electron chi connectivity index (χ4n) is 4.16. The van der Waals surface area contributed by atoms with Crippen LogP contribution in [0.2, 0.25) is 0 Å². The predicted octanol–water partition coefficient (Wildman–Crippen LogP) is 6.19. The first-order valence-electron chi connectivity index (χ1n) is 11.0. The van der Waals surface area contributed by atoms with E-state index in [0.717, 1.165) is 23.9 Å². The van der Waals surface area contributed by atoms with Gasteiger partial charge in [0.25, 0.3) is 0 Å². The standard InChI is InChI=1S/C27H32N2O2/c1-18(2)30-24-11-7-21(8-12-24)22-15-20(5)26-28-17-27(6,29(26)16-22)23-9-13-25(14-10-23)31-19(3)4/h7-16,18-19H,17H2,1-6H3. The molecule has 0 saturated carbocycles. The van der Waals surface area contributed by atoms with E-state index in [0.29, 0.717) is 0 Å². The monoisotopic (exact) mass is 416 g/mol. The van der Waals surface area contributed by atoms with Crippen molar-refractivity contribution in [1.82, 2.24) is 4.90 Å². The first-order valence-corrected chi connectivity index (χ1v) is 11.0. The Hall–Kier alpha value is -3.01. The average Bonchev–Trinajstić information content (AvgIpc) is 3.07. The van der Waals surface area contributed by atoms with Crippen LogP contribution >= 0.6 is 0 Å². The largest absolute Gasteiger partial charge is 0.491 e. The van der Waals surface area contributed by atoms with Crippen LogP contribution in [-0.2, 0) is 5.54 Å². The minimum atomic E-state index is -0.229. The summed E-state index contributed by atoms with van der Waals surface area (Å²) in [5, 5.41) is 0. The zero-order chi connectivity index (χ0) is 22.2. The summed E-state index contributed by atoms with van der Waals surface area (Å²) in [6.45, 7) is 13.3. The van der Waals surface area contributed by atoms with Crippen LogP contribution in [0.15, 0.2) is 71.4 Å². The van der Waals surface area contributed by atoms with Crippen molar-refractivity contribution in [3.8, 4) is 11.5 Å². The third-order valence-corrected chi connectivity index (χ3v) is 5.70. The van der Waals surface area contributed by atoms with Gasteiger partial charge in [-0.25, -0.2) is 0 Å². The SMILES string of the molecule is CC1=CC(c2ccc(OC(C)C)cc2)=CN2C1=NCC2(C)c1ccc(OC(C)C)cc1. The Morgan fingerprint density at radius 1 is 0.871 bits per heavy atom. The summed E-state index contributed by atoms with van der Waals surface area (Å²) in [6, 6.07) is 16.8. The molecule has 0 bridgehead atoms. The molecule has 0 amide bonds. The van der Waals surface area contributed by atoms with Crippen molar-refractivity contribution in [3.63, 3.8) is 0 Å². The number of amidine groups is 1. The number of rotatable bonds is 6. The van der Waals surface area contributed by atoms with E-state index in [4.69, 9.17) is 14.5 Å². The molecule has 2 aliphatic heterocycles. The third-order valence-electron chi connectivity index (χ3n) is 5.70. The maximum Gasteiger partial charge on any atom is 0.131 e. The number of aliphatic imine (C=N–C) groups is 1. The minimum Gasteiger partial charge on any atom is -0.491 e. The summed E-state index contributed by atoms with van der Waals surface area (Å²) in [6.07, 6.45) is 4.79. The van der Waals surface area contributed by atoms with Gasteiger partial charge in [0.1, 0.15) is 17.3 Å². The second kappa shape index (κ2) is 8.26. The average molecular weight is 417 g/mol. The molecule has 4 nitrogen and oxygen atoms in total. The first kappa shape index (κ1) is 21.2. The highest BCUT2D eigenvalue weighted by Gasteiger charge is 2.41. The van der Waals surface area contributed by atoms with Crippen LogP contribution in [-0.4, -0.2) is 29.5 Å². The van der Waals surface area contributed by atoms with Gasteiger partial charge in [0.2, 0.25) is 0 Å². The Morgan fingerprint density at radius 3 is 1.97 bits per heavy atom. The van der Waals surface area contributed by atoms with Gasteiger partial charge >= 0.3 is 0 Å². The molecule has 0 spiro atoms.